The number of ether oxygens (including phenoxy) is 1. The third-order valence-electron chi connectivity index (χ3n) is 3.71. The molecule has 0 N–H and O–H groups in total. The lowest BCUT2D eigenvalue weighted by atomic mass is 10.0. The summed E-state index contributed by atoms with van der Waals surface area (Å²) in [5.41, 5.74) is 2.54. The molecule has 0 atom stereocenters. The van der Waals surface area contributed by atoms with Crippen molar-refractivity contribution in [2.75, 3.05) is 0 Å². The lowest BCUT2D eigenvalue weighted by Gasteiger charge is -2.12. The van der Waals surface area contributed by atoms with Gasteiger partial charge in [-0.25, -0.2) is 0 Å². The average molecular weight is 287 g/mol. The van der Waals surface area contributed by atoms with Crippen molar-refractivity contribution in [3.05, 3.63) is 41.7 Å². The molecule has 1 aromatic heterocycles. The summed E-state index contributed by atoms with van der Waals surface area (Å²) in [7, 11) is 0. The Balaban J connectivity index is 2.14. The van der Waals surface area contributed by atoms with Gasteiger partial charge in [-0.05, 0) is 19.8 Å². The van der Waals surface area contributed by atoms with Crippen LogP contribution in [0.3, 0.4) is 0 Å². The standard InChI is InChI=1S/C17H21NO3/c1-4-13(5-2)17(19)20-11-15-12(3)21-18-16(15)14-9-7-6-8-10-14/h6-10,13H,4-5,11H2,1-3H3. The molecule has 0 spiro atoms. The number of carbonyl (C=O) groups excluding carboxylic acids is 1. The molecule has 0 bridgehead atoms. The molecule has 0 fully saturated rings. The zero-order chi connectivity index (χ0) is 15.2. The van der Waals surface area contributed by atoms with Crippen LogP contribution in [0.15, 0.2) is 34.9 Å². The summed E-state index contributed by atoms with van der Waals surface area (Å²) < 4.78 is 10.7. The molecular formula is C17H21NO3. The van der Waals surface area contributed by atoms with Gasteiger partial charge in [0.2, 0.25) is 0 Å². The number of nitrogens with zero attached hydrogens (tertiary/aromatic N) is 1. The highest BCUT2D eigenvalue weighted by atomic mass is 16.5. The second-order valence-electron chi connectivity index (χ2n) is 5.05. The Bertz CT molecular complexity index is 585. The first kappa shape index (κ1) is 15.3. The first-order chi connectivity index (χ1) is 10.2. The van der Waals surface area contributed by atoms with Gasteiger partial charge in [0.25, 0.3) is 0 Å². The minimum absolute atomic E-state index is 0.0367. The van der Waals surface area contributed by atoms with Crippen LogP contribution in [0.1, 0.15) is 38.0 Å². The molecule has 0 unspecified atom stereocenters. The summed E-state index contributed by atoms with van der Waals surface area (Å²) in [5.74, 6) is 0.496. The maximum absolute atomic E-state index is 12.0. The zero-order valence-corrected chi connectivity index (χ0v) is 12.8. The summed E-state index contributed by atoms with van der Waals surface area (Å²) in [6, 6.07) is 9.76. The molecule has 0 saturated heterocycles. The predicted octanol–water partition coefficient (Wildman–Crippen LogP) is 4.13. The Kier molecular flexibility index (Phi) is 5.14. The maximum Gasteiger partial charge on any atom is 0.309 e. The van der Waals surface area contributed by atoms with Gasteiger partial charge in [-0.3, -0.25) is 4.79 Å². The maximum atomic E-state index is 12.0. The van der Waals surface area contributed by atoms with Gasteiger partial charge in [-0.1, -0.05) is 49.3 Å². The molecule has 0 amide bonds. The number of rotatable bonds is 6. The van der Waals surface area contributed by atoms with Gasteiger partial charge in [-0.2, -0.15) is 0 Å². The molecule has 1 aromatic carbocycles. The Labute approximate surface area is 125 Å². The largest absolute Gasteiger partial charge is 0.460 e. The minimum atomic E-state index is -0.153. The number of aromatic nitrogens is 1. The van der Waals surface area contributed by atoms with Gasteiger partial charge >= 0.3 is 5.97 Å². The van der Waals surface area contributed by atoms with Crippen molar-refractivity contribution in [1.82, 2.24) is 5.16 Å². The van der Waals surface area contributed by atoms with E-state index in [0.717, 1.165) is 29.7 Å². The van der Waals surface area contributed by atoms with Crippen molar-refractivity contribution in [2.45, 2.75) is 40.2 Å². The van der Waals surface area contributed by atoms with Crippen LogP contribution in [0.4, 0.5) is 0 Å². The van der Waals surface area contributed by atoms with Gasteiger partial charge in [0.15, 0.2) is 0 Å². The molecule has 0 aliphatic heterocycles. The third kappa shape index (κ3) is 3.51. The van der Waals surface area contributed by atoms with Gasteiger partial charge < -0.3 is 9.26 Å². The van der Waals surface area contributed by atoms with Crippen LogP contribution in [0, 0.1) is 12.8 Å². The highest BCUT2D eigenvalue weighted by Crippen LogP contribution is 2.26. The van der Waals surface area contributed by atoms with Crippen LogP contribution in [0.5, 0.6) is 0 Å². The quantitative estimate of drug-likeness (QED) is 0.750. The summed E-state index contributed by atoms with van der Waals surface area (Å²) in [5, 5.41) is 4.08. The highest BCUT2D eigenvalue weighted by molar-refractivity contribution is 5.72. The number of hydrogen-bond acceptors (Lipinski definition) is 4. The van der Waals surface area contributed by atoms with Crippen molar-refractivity contribution in [2.24, 2.45) is 5.92 Å². The van der Waals surface area contributed by atoms with Gasteiger partial charge in [0.1, 0.15) is 18.1 Å². The number of carbonyl (C=O) groups is 1. The van der Waals surface area contributed by atoms with E-state index in [4.69, 9.17) is 9.26 Å². The molecule has 2 aromatic rings. The molecule has 1 heterocycles. The van der Waals surface area contributed by atoms with E-state index in [0.29, 0.717) is 5.76 Å². The molecule has 0 radical (unpaired) electrons. The van der Waals surface area contributed by atoms with Gasteiger partial charge in [0, 0.05) is 5.56 Å². The topological polar surface area (TPSA) is 52.3 Å². The fourth-order valence-electron chi connectivity index (χ4n) is 2.27. The Morgan fingerprint density at radius 2 is 1.90 bits per heavy atom. The van der Waals surface area contributed by atoms with Crippen LogP contribution in [0.2, 0.25) is 0 Å². The highest BCUT2D eigenvalue weighted by Gasteiger charge is 2.19. The number of benzene rings is 1. The smallest absolute Gasteiger partial charge is 0.309 e. The van der Waals surface area contributed by atoms with E-state index in [1.165, 1.54) is 0 Å². The van der Waals surface area contributed by atoms with E-state index < -0.39 is 0 Å². The monoisotopic (exact) mass is 287 g/mol. The van der Waals surface area contributed by atoms with E-state index in [9.17, 15) is 4.79 Å². The lowest BCUT2D eigenvalue weighted by Crippen LogP contribution is -2.16. The summed E-state index contributed by atoms with van der Waals surface area (Å²) in [4.78, 5) is 12.0. The first-order valence-corrected chi connectivity index (χ1v) is 7.34. The summed E-state index contributed by atoms with van der Waals surface area (Å²) in [6.07, 6.45) is 1.59. The fourth-order valence-corrected chi connectivity index (χ4v) is 2.27. The molecule has 21 heavy (non-hydrogen) atoms. The fraction of sp³-hybridized carbons (Fsp3) is 0.412. The van der Waals surface area contributed by atoms with Crippen molar-refractivity contribution in [1.29, 1.82) is 0 Å². The van der Waals surface area contributed by atoms with Crippen molar-refractivity contribution < 1.29 is 14.1 Å². The zero-order valence-electron chi connectivity index (χ0n) is 12.8. The van der Waals surface area contributed by atoms with Crippen molar-refractivity contribution in [3.63, 3.8) is 0 Å². The van der Waals surface area contributed by atoms with Gasteiger partial charge in [-0.15, -0.1) is 0 Å². The number of esters is 1. The van der Waals surface area contributed by atoms with Crippen LogP contribution >= 0.6 is 0 Å². The molecule has 4 nitrogen and oxygen atoms in total. The van der Waals surface area contributed by atoms with E-state index in [1.54, 1.807) is 0 Å². The lowest BCUT2D eigenvalue weighted by molar-refractivity contribution is -0.150. The summed E-state index contributed by atoms with van der Waals surface area (Å²) >= 11 is 0. The molecule has 0 aliphatic carbocycles. The molecule has 4 heteroatoms. The Morgan fingerprint density at radius 3 is 2.52 bits per heavy atom. The second kappa shape index (κ2) is 7.07. The van der Waals surface area contributed by atoms with E-state index in [2.05, 4.69) is 5.16 Å². The van der Waals surface area contributed by atoms with Crippen LogP contribution in [-0.2, 0) is 16.1 Å². The van der Waals surface area contributed by atoms with Crippen LogP contribution in [-0.4, -0.2) is 11.1 Å². The number of aryl methyl sites for hydroxylation is 1. The summed E-state index contributed by atoms with van der Waals surface area (Å²) in [6.45, 7) is 6.03. The molecule has 0 aliphatic rings. The molecule has 2 rings (SSSR count). The molecular weight excluding hydrogens is 266 g/mol. The average Bonchev–Trinajstić information content (AvgIpc) is 2.88. The van der Waals surface area contributed by atoms with Crippen molar-refractivity contribution >= 4 is 5.97 Å². The second-order valence-corrected chi connectivity index (χ2v) is 5.05. The van der Waals surface area contributed by atoms with E-state index >= 15 is 0 Å². The third-order valence-corrected chi connectivity index (χ3v) is 3.71. The van der Waals surface area contributed by atoms with Crippen LogP contribution in [0.25, 0.3) is 11.3 Å². The molecule has 112 valence electrons. The minimum Gasteiger partial charge on any atom is -0.460 e. The van der Waals surface area contributed by atoms with Crippen LogP contribution < -0.4 is 0 Å². The number of hydrogen-bond donors (Lipinski definition) is 0. The molecule has 0 saturated carbocycles. The van der Waals surface area contributed by atoms with Gasteiger partial charge in [0.05, 0.1) is 11.5 Å². The predicted molar refractivity (Wildman–Crippen MR) is 80.5 cm³/mol. The Hall–Kier alpha value is -2.10. The first-order valence-electron chi connectivity index (χ1n) is 7.34. The Morgan fingerprint density at radius 1 is 1.24 bits per heavy atom. The normalized spacial score (nSPS) is 10.9. The van der Waals surface area contributed by atoms with Crippen molar-refractivity contribution in [3.8, 4) is 11.3 Å². The SMILES string of the molecule is CCC(CC)C(=O)OCc1c(-c2ccccc2)noc1C. The van der Waals surface area contributed by atoms with E-state index in [-0.39, 0.29) is 18.5 Å². The van der Waals surface area contributed by atoms with E-state index in [1.807, 2.05) is 51.1 Å².